The summed E-state index contributed by atoms with van der Waals surface area (Å²) in [4.78, 5) is 37.5. The van der Waals surface area contributed by atoms with Gasteiger partial charge in [0, 0.05) is 41.4 Å². The first-order valence-corrected chi connectivity index (χ1v) is 17.5. The first-order chi connectivity index (χ1) is 20.8. The van der Waals surface area contributed by atoms with Gasteiger partial charge in [-0.25, -0.2) is 0 Å². The summed E-state index contributed by atoms with van der Waals surface area (Å²) in [6.07, 6.45) is 7.70. The monoisotopic (exact) mass is 656 g/mol. The number of ether oxygens (including phenoxy) is 1. The first-order valence-electron chi connectivity index (χ1n) is 17.5. The number of carbonyl (C=O) groups excluding carboxylic acids is 1. The molecule has 0 amide bonds. The molecule has 10 nitrogen and oxygen atoms in total. The van der Waals surface area contributed by atoms with E-state index in [0.29, 0.717) is 19.3 Å². The summed E-state index contributed by atoms with van der Waals surface area (Å²) < 4.78 is 6.44. The normalized spacial score (nSPS) is 23.3. The number of unbranched alkanes of at least 4 members (excludes halogenated alkanes) is 4. The highest BCUT2D eigenvalue weighted by atomic mass is 16.7. The van der Waals surface area contributed by atoms with E-state index < -0.39 is 28.2 Å². The third-order valence-electron chi connectivity index (χ3n) is 9.33. The molecule has 46 heavy (non-hydrogen) atoms. The van der Waals surface area contributed by atoms with Crippen LogP contribution in [0.15, 0.2) is 0 Å². The van der Waals surface area contributed by atoms with E-state index in [0.717, 1.165) is 44.9 Å². The molecular weight excluding hydrogens is 588 g/mol. The van der Waals surface area contributed by atoms with E-state index in [1.165, 1.54) is 0 Å². The Morgan fingerprint density at radius 2 is 1.09 bits per heavy atom. The number of rotatable bonds is 17. The van der Waals surface area contributed by atoms with Crippen molar-refractivity contribution in [1.82, 2.24) is 10.1 Å². The maximum atomic E-state index is 14.2. The smallest absolute Gasteiger partial charge is 0.309 e. The molecule has 2 rings (SSSR count). The highest BCUT2D eigenvalue weighted by molar-refractivity contribution is 5.73. The summed E-state index contributed by atoms with van der Waals surface area (Å²) in [5.74, 6) is -1.09. The lowest BCUT2D eigenvalue weighted by Gasteiger charge is -2.55. The predicted molar refractivity (Wildman–Crippen MR) is 180 cm³/mol. The molecule has 2 aliphatic heterocycles. The van der Waals surface area contributed by atoms with Gasteiger partial charge < -0.3 is 20.1 Å². The molecule has 0 bridgehead atoms. The lowest BCUT2D eigenvalue weighted by molar-refractivity contribution is -0.308. The third kappa shape index (κ3) is 12.6. The molecule has 270 valence electrons. The number of hydrogen-bond donors (Lipinski definition) is 3. The predicted octanol–water partition coefficient (Wildman–Crippen LogP) is 6.66. The molecule has 0 saturated carbocycles. The van der Waals surface area contributed by atoms with Gasteiger partial charge in [0.15, 0.2) is 0 Å². The Morgan fingerprint density at radius 3 is 1.50 bits per heavy atom. The molecule has 0 radical (unpaired) electrons. The van der Waals surface area contributed by atoms with Gasteiger partial charge in [-0.2, -0.15) is 10.1 Å². The topological polar surface area (TPSA) is 129 Å². The quantitative estimate of drug-likeness (QED) is 0.116. The van der Waals surface area contributed by atoms with Crippen LogP contribution in [0.5, 0.6) is 0 Å². The Morgan fingerprint density at radius 1 is 0.696 bits per heavy atom. The van der Waals surface area contributed by atoms with Crippen molar-refractivity contribution in [3.8, 4) is 0 Å². The van der Waals surface area contributed by atoms with E-state index in [4.69, 9.17) is 19.5 Å². The maximum Gasteiger partial charge on any atom is 0.309 e. The van der Waals surface area contributed by atoms with E-state index in [2.05, 4.69) is 55.4 Å². The number of aliphatic hydroxyl groups is 2. The Balaban J connectivity index is 2.23. The third-order valence-corrected chi connectivity index (χ3v) is 9.33. The van der Waals surface area contributed by atoms with Crippen LogP contribution in [0.25, 0.3) is 0 Å². The zero-order chi connectivity index (χ0) is 35.4. The van der Waals surface area contributed by atoms with Crippen LogP contribution in [-0.4, -0.2) is 90.1 Å². The van der Waals surface area contributed by atoms with Crippen molar-refractivity contribution in [2.75, 3.05) is 13.2 Å². The van der Waals surface area contributed by atoms with Crippen LogP contribution in [0, 0.1) is 11.8 Å². The maximum absolute atomic E-state index is 14.2. The van der Waals surface area contributed by atoms with Gasteiger partial charge in [0.1, 0.15) is 6.10 Å². The van der Waals surface area contributed by atoms with Crippen molar-refractivity contribution in [2.45, 2.75) is 193 Å². The number of aliphatic carboxylic acids is 1. The summed E-state index contributed by atoms with van der Waals surface area (Å²) in [5, 5.41) is 33.6. The highest BCUT2D eigenvalue weighted by Gasteiger charge is 2.52. The van der Waals surface area contributed by atoms with E-state index >= 15 is 0 Å². The number of hydroxylamine groups is 4. The van der Waals surface area contributed by atoms with E-state index in [1.807, 2.05) is 10.1 Å². The molecule has 2 heterocycles. The van der Waals surface area contributed by atoms with Crippen LogP contribution in [0.1, 0.15) is 154 Å². The van der Waals surface area contributed by atoms with Crippen LogP contribution in [0.4, 0.5) is 0 Å². The number of nitrogens with zero attached hydrogens (tertiary/aromatic N) is 2. The molecule has 0 aliphatic carbocycles. The van der Waals surface area contributed by atoms with Crippen LogP contribution in [-0.2, 0) is 24.0 Å². The van der Waals surface area contributed by atoms with Crippen LogP contribution >= 0.6 is 0 Å². The van der Waals surface area contributed by atoms with E-state index in [9.17, 15) is 19.8 Å². The molecule has 2 saturated heterocycles. The van der Waals surface area contributed by atoms with Gasteiger partial charge in [-0.3, -0.25) is 19.3 Å². The largest absolute Gasteiger partial charge is 0.481 e. The zero-order valence-electron chi connectivity index (χ0n) is 31.2. The lowest BCUT2D eigenvalue weighted by atomic mass is 9.69. The summed E-state index contributed by atoms with van der Waals surface area (Å²) in [6, 6.07) is 0. The molecule has 0 spiro atoms. The summed E-state index contributed by atoms with van der Waals surface area (Å²) in [7, 11) is 0. The van der Waals surface area contributed by atoms with Crippen molar-refractivity contribution >= 4 is 11.9 Å². The average molecular weight is 657 g/mol. The Hall–Kier alpha value is -1.30. The van der Waals surface area contributed by atoms with Gasteiger partial charge in [-0.1, -0.05) is 25.7 Å². The minimum Gasteiger partial charge on any atom is -0.481 e. The highest BCUT2D eigenvalue weighted by Crippen LogP contribution is 2.47. The fourth-order valence-corrected chi connectivity index (χ4v) is 7.99. The number of carboxylic acid groups (broad SMARTS) is 1. The fourth-order valence-electron chi connectivity index (χ4n) is 7.99. The Bertz CT molecular complexity index is 959. The van der Waals surface area contributed by atoms with Gasteiger partial charge >= 0.3 is 11.9 Å². The molecule has 0 aromatic rings. The molecule has 1 unspecified atom stereocenters. The van der Waals surface area contributed by atoms with Crippen LogP contribution in [0.3, 0.4) is 0 Å². The lowest BCUT2D eigenvalue weighted by Crippen LogP contribution is -2.63. The first kappa shape index (κ1) is 40.9. The van der Waals surface area contributed by atoms with Gasteiger partial charge in [-0.15, -0.1) is 0 Å². The van der Waals surface area contributed by atoms with Crippen molar-refractivity contribution in [3.63, 3.8) is 0 Å². The van der Waals surface area contributed by atoms with Gasteiger partial charge in [0.05, 0.1) is 30.3 Å². The molecule has 0 aromatic carbocycles. The molecular formula is C36H68N2O8. The molecule has 10 heteroatoms. The van der Waals surface area contributed by atoms with Crippen molar-refractivity contribution < 1.29 is 39.3 Å². The zero-order valence-corrected chi connectivity index (χ0v) is 31.2. The second-order valence-electron chi connectivity index (χ2n) is 18.0. The fraction of sp³-hybridized carbons (Fsp3) is 0.944. The SMILES string of the molecule is CC(C)(O)CON1C(C)(C)CC(OC(=O)C(CCCCCCCC(=O)O)C2CC(C)(C)N(OCC(C)(C)O)C(C)(C)C2)CC1(C)C. The van der Waals surface area contributed by atoms with Gasteiger partial charge in [0.2, 0.25) is 0 Å². The van der Waals surface area contributed by atoms with Crippen LogP contribution < -0.4 is 0 Å². The molecule has 2 fully saturated rings. The van der Waals surface area contributed by atoms with Gasteiger partial charge in [0.25, 0.3) is 0 Å². The molecule has 3 N–H and O–H groups in total. The average Bonchev–Trinajstić information content (AvgIpc) is 2.80. The number of carbonyl (C=O) groups is 2. The van der Waals surface area contributed by atoms with Gasteiger partial charge in [-0.05, 0) is 115 Å². The van der Waals surface area contributed by atoms with Crippen LogP contribution in [0.2, 0.25) is 0 Å². The minimum absolute atomic E-state index is 0.0859. The second kappa shape index (κ2) is 15.5. The Kier molecular flexibility index (Phi) is 13.8. The summed E-state index contributed by atoms with van der Waals surface area (Å²) >= 11 is 0. The standard InChI is InChI=1S/C36H68N2O8/c1-31(2)20-26(21-32(3,4)37(31)44-24-35(9,10)42)28(18-16-14-13-15-17-19-29(39)40)30(41)46-27-22-33(5,6)38(34(7,8)23-27)45-25-36(11,12)43/h26-28,42-43H,13-25H2,1-12H3,(H,39,40). The summed E-state index contributed by atoms with van der Waals surface area (Å²) in [6.45, 7) is 24.2. The van der Waals surface area contributed by atoms with E-state index in [1.54, 1.807) is 27.7 Å². The minimum atomic E-state index is -0.963. The van der Waals surface area contributed by atoms with E-state index in [-0.39, 0.29) is 54.6 Å². The molecule has 2 aliphatic rings. The second-order valence-corrected chi connectivity index (χ2v) is 18.0. The number of hydrogen-bond acceptors (Lipinski definition) is 9. The van der Waals surface area contributed by atoms with Crippen molar-refractivity contribution in [2.24, 2.45) is 11.8 Å². The Labute approximate surface area is 279 Å². The number of carboxylic acids is 1. The van der Waals surface area contributed by atoms with Crippen molar-refractivity contribution in [1.29, 1.82) is 0 Å². The summed E-state index contributed by atoms with van der Waals surface area (Å²) in [5.41, 5.74) is -3.51. The number of esters is 1. The molecule has 0 aromatic heterocycles. The molecule has 1 atom stereocenters. The van der Waals surface area contributed by atoms with Crippen molar-refractivity contribution in [3.05, 3.63) is 0 Å². The number of piperidine rings is 2.